The highest BCUT2D eigenvalue weighted by molar-refractivity contribution is 7.89. The van der Waals surface area contributed by atoms with Crippen molar-refractivity contribution in [3.05, 3.63) is 78.4 Å². The molecule has 0 bridgehead atoms. The summed E-state index contributed by atoms with van der Waals surface area (Å²) < 4.78 is 34.6. The molecular formula is C24H28N4O4S. The van der Waals surface area contributed by atoms with Crippen LogP contribution in [0, 0.1) is 5.92 Å². The number of piperidine rings is 1. The van der Waals surface area contributed by atoms with Crippen LogP contribution in [0.3, 0.4) is 0 Å². The lowest BCUT2D eigenvalue weighted by atomic mass is 9.96. The number of nitrogens with zero attached hydrogens (tertiary/aromatic N) is 3. The number of methoxy groups -OCH3 is 1. The minimum Gasteiger partial charge on any atom is -0.496 e. The number of hydrogen-bond donors (Lipinski definition) is 1. The van der Waals surface area contributed by atoms with Gasteiger partial charge in [-0.3, -0.25) is 4.79 Å². The van der Waals surface area contributed by atoms with Gasteiger partial charge >= 0.3 is 0 Å². The van der Waals surface area contributed by atoms with Crippen LogP contribution in [-0.2, 0) is 21.9 Å². The molecule has 0 saturated carbocycles. The maximum Gasteiger partial charge on any atom is 0.243 e. The molecule has 4 rings (SSSR count). The molecule has 0 unspecified atom stereocenters. The number of nitrogens with one attached hydrogen (secondary N) is 1. The van der Waals surface area contributed by atoms with Crippen LogP contribution >= 0.6 is 0 Å². The van der Waals surface area contributed by atoms with E-state index in [1.54, 1.807) is 43.6 Å². The highest BCUT2D eigenvalue weighted by atomic mass is 32.2. The van der Waals surface area contributed by atoms with Crippen LogP contribution in [0.2, 0.25) is 0 Å². The molecule has 0 spiro atoms. The number of aryl methyl sites for hydroxylation is 1. The van der Waals surface area contributed by atoms with E-state index < -0.39 is 16.1 Å². The number of amides is 1. The van der Waals surface area contributed by atoms with Crippen molar-refractivity contribution in [2.45, 2.75) is 23.8 Å². The molecule has 0 radical (unpaired) electrons. The topological polar surface area (TPSA) is 93.5 Å². The van der Waals surface area contributed by atoms with E-state index in [4.69, 9.17) is 4.74 Å². The fourth-order valence-corrected chi connectivity index (χ4v) is 5.69. The molecule has 1 N–H and O–H groups in total. The van der Waals surface area contributed by atoms with E-state index in [1.165, 1.54) is 4.31 Å². The van der Waals surface area contributed by atoms with Gasteiger partial charge in [0, 0.05) is 44.0 Å². The average molecular weight is 469 g/mol. The Morgan fingerprint density at radius 3 is 2.39 bits per heavy atom. The molecule has 2 aromatic carbocycles. The van der Waals surface area contributed by atoms with Gasteiger partial charge in [0.25, 0.3) is 0 Å². The van der Waals surface area contributed by atoms with Gasteiger partial charge in [-0.1, -0.05) is 36.4 Å². The first-order valence-electron chi connectivity index (χ1n) is 10.9. The Kier molecular flexibility index (Phi) is 6.80. The zero-order valence-corrected chi connectivity index (χ0v) is 19.5. The van der Waals surface area contributed by atoms with Crippen LogP contribution in [0.15, 0.2) is 71.9 Å². The molecule has 1 aromatic heterocycles. The Hall–Kier alpha value is -3.17. The Bertz CT molecular complexity index is 1200. The van der Waals surface area contributed by atoms with Crippen LogP contribution in [0.25, 0.3) is 0 Å². The molecule has 1 fully saturated rings. The standard InChI is InChI=1S/C24H28N4O4S/c1-27-17-14-25-23(27)22(20-10-6-7-11-21(20)32-2)26-24(29)18-12-15-28(16-13-18)33(30,31)19-8-4-3-5-9-19/h3-11,14,17-18,22H,12-13,15-16H2,1-2H3,(H,26,29)/t22-/m1/s1. The molecule has 1 aliphatic heterocycles. The van der Waals surface area contributed by atoms with Crippen LogP contribution in [0.5, 0.6) is 5.75 Å². The summed E-state index contributed by atoms with van der Waals surface area (Å²) in [5.74, 6) is 0.946. The lowest BCUT2D eigenvalue weighted by Gasteiger charge is -2.31. The van der Waals surface area contributed by atoms with Crippen molar-refractivity contribution in [3.8, 4) is 5.75 Å². The Balaban J connectivity index is 1.49. The number of carbonyl (C=O) groups excluding carboxylic acids is 1. The van der Waals surface area contributed by atoms with E-state index in [0.717, 1.165) is 5.56 Å². The summed E-state index contributed by atoms with van der Waals surface area (Å²) in [5, 5.41) is 3.14. The van der Waals surface area contributed by atoms with Crippen LogP contribution in [0.4, 0.5) is 0 Å². The van der Waals surface area contributed by atoms with Crippen LogP contribution in [-0.4, -0.2) is 48.4 Å². The van der Waals surface area contributed by atoms with Gasteiger partial charge in [0.05, 0.1) is 12.0 Å². The maximum atomic E-state index is 13.3. The molecule has 1 amide bonds. The van der Waals surface area contributed by atoms with Gasteiger partial charge < -0.3 is 14.6 Å². The Morgan fingerprint density at radius 1 is 1.09 bits per heavy atom. The van der Waals surface area contributed by atoms with Gasteiger partial charge in [-0.2, -0.15) is 4.31 Å². The number of rotatable bonds is 7. The third-order valence-electron chi connectivity index (χ3n) is 6.06. The van der Waals surface area contributed by atoms with E-state index in [1.807, 2.05) is 42.1 Å². The molecule has 33 heavy (non-hydrogen) atoms. The maximum absolute atomic E-state index is 13.3. The SMILES string of the molecule is COc1ccccc1[C@@H](NC(=O)C1CCN(S(=O)(=O)c2ccccc2)CC1)c1nccn1C. The number of ether oxygens (including phenoxy) is 1. The number of para-hydroxylation sites is 1. The van der Waals surface area contributed by atoms with E-state index in [2.05, 4.69) is 10.3 Å². The second-order valence-corrected chi connectivity index (χ2v) is 10.0. The molecule has 2 heterocycles. The first-order valence-corrected chi connectivity index (χ1v) is 12.3. The van der Waals surface area contributed by atoms with Crippen molar-refractivity contribution in [3.63, 3.8) is 0 Å². The first-order chi connectivity index (χ1) is 15.9. The largest absolute Gasteiger partial charge is 0.496 e. The quantitative estimate of drug-likeness (QED) is 0.576. The lowest BCUT2D eigenvalue weighted by molar-refractivity contribution is -0.126. The minimum absolute atomic E-state index is 0.120. The second-order valence-electron chi connectivity index (χ2n) is 8.07. The molecule has 9 heteroatoms. The van der Waals surface area contributed by atoms with E-state index >= 15 is 0 Å². The molecule has 8 nitrogen and oxygen atoms in total. The molecule has 1 atom stereocenters. The monoisotopic (exact) mass is 468 g/mol. The second kappa shape index (κ2) is 9.76. The molecular weight excluding hydrogens is 440 g/mol. The predicted molar refractivity (Wildman–Crippen MR) is 124 cm³/mol. The zero-order chi connectivity index (χ0) is 23.4. The van der Waals surface area contributed by atoms with E-state index in [-0.39, 0.29) is 16.7 Å². The molecule has 3 aromatic rings. The summed E-state index contributed by atoms with van der Waals surface area (Å²) >= 11 is 0. The van der Waals surface area contributed by atoms with Crippen molar-refractivity contribution in [2.75, 3.05) is 20.2 Å². The number of benzene rings is 2. The van der Waals surface area contributed by atoms with Crippen molar-refractivity contribution < 1.29 is 17.9 Å². The zero-order valence-electron chi connectivity index (χ0n) is 18.7. The van der Waals surface area contributed by atoms with E-state index in [0.29, 0.717) is 37.5 Å². The summed E-state index contributed by atoms with van der Waals surface area (Å²) in [7, 11) is -0.0805. The normalized spacial score (nSPS) is 16.3. The van der Waals surface area contributed by atoms with Gasteiger partial charge in [-0.05, 0) is 31.0 Å². The first kappa shape index (κ1) is 23.0. The molecule has 1 saturated heterocycles. The third-order valence-corrected chi connectivity index (χ3v) is 7.97. The Labute approximate surface area is 194 Å². The fourth-order valence-electron chi connectivity index (χ4n) is 4.20. The fraction of sp³-hybridized carbons (Fsp3) is 0.333. The number of imidazole rings is 1. The summed E-state index contributed by atoms with van der Waals surface area (Å²) in [6.07, 6.45) is 4.43. The van der Waals surface area contributed by atoms with Gasteiger partial charge in [0.2, 0.25) is 15.9 Å². The van der Waals surface area contributed by atoms with Crippen molar-refractivity contribution in [1.82, 2.24) is 19.2 Å². The minimum atomic E-state index is -3.56. The summed E-state index contributed by atoms with van der Waals surface area (Å²) in [5.41, 5.74) is 0.812. The Morgan fingerprint density at radius 2 is 1.76 bits per heavy atom. The van der Waals surface area contributed by atoms with Gasteiger partial charge in [-0.15, -0.1) is 0 Å². The van der Waals surface area contributed by atoms with Gasteiger partial charge in [0.1, 0.15) is 17.6 Å². The lowest BCUT2D eigenvalue weighted by Crippen LogP contribution is -2.44. The highest BCUT2D eigenvalue weighted by Crippen LogP contribution is 2.30. The smallest absolute Gasteiger partial charge is 0.243 e. The van der Waals surface area contributed by atoms with Crippen molar-refractivity contribution >= 4 is 15.9 Å². The van der Waals surface area contributed by atoms with Crippen LogP contribution in [0.1, 0.15) is 30.3 Å². The van der Waals surface area contributed by atoms with Gasteiger partial charge in [0.15, 0.2) is 0 Å². The van der Waals surface area contributed by atoms with Crippen molar-refractivity contribution in [2.24, 2.45) is 13.0 Å². The highest BCUT2D eigenvalue weighted by Gasteiger charge is 2.34. The number of carbonyl (C=O) groups is 1. The number of hydrogen-bond acceptors (Lipinski definition) is 5. The number of aromatic nitrogens is 2. The third kappa shape index (κ3) is 4.79. The van der Waals surface area contributed by atoms with Gasteiger partial charge in [-0.25, -0.2) is 13.4 Å². The average Bonchev–Trinajstić information content (AvgIpc) is 3.28. The predicted octanol–water partition coefficient (Wildman–Crippen LogP) is 2.74. The van der Waals surface area contributed by atoms with E-state index in [9.17, 15) is 13.2 Å². The summed E-state index contributed by atoms with van der Waals surface area (Å²) in [6, 6.07) is 15.4. The summed E-state index contributed by atoms with van der Waals surface area (Å²) in [6.45, 7) is 0.605. The molecule has 174 valence electrons. The molecule has 1 aliphatic rings. The van der Waals surface area contributed by atoms with Crippen LogP contribution < -0.4 is 10.1 Å². The summed E-state index contributed by atoms with van der Waals surface area (Å²) in [4.78, 5) is 18.0. The molecule has 0 aliphatic carbocycles. The van der Waals surface area contributed by atoms with Crippen molar-refractivity contribution in [1.29, 1.82) is 0 Å². The number of sulfonamides is 1.